The molecule has 1 amide bonds. The summed E-state index contributed by atoms with van der Waals surface area (Å²) in [5, 5.41) is 10.8. The Bertz CT molecular complexity index is 397. The maximum Gasteiger partial charge on any atom is 0.274 e. The van der Waals surface area contributed by atoms with Gasteiger partial charge in [-0.2, -0.15) is 0 Å². The SMILES string of the molecule is CCN1CCN(C(=O)c2ccc(NC)nn2)CC1. The summed E-state index contributed by atoms with van der Waals surface area (Å²) in [6, 6.07) is 3.48. The van der Waals surface area contributed by atoms with Crippen molar-refractivity contribution in [3.05, 3.63) is 17.8 Å². The average molecular weight is 249 g/mol. The second kappa shape index (κ2) is 5.77. The van der Waals surface area contributed by atoms with Gasteiger partial charge in [-0.15, -0.1) is 10.2 Å². The summed E-state index contributed by atoms with van der Waals surface area (Å²) in [7, 11) is 1.77. The summed E-state index contributed by atoms with van der Waals surface area (Å²) in [5.41, 5.74) is 0.416. The van der Waals surface area contributed by atoms with Gasteiger partial charge >= 0.3 is 0 Å². The highest BCUT2D eigenvalue weighted by molar-refractivity contribution is 5.92. The van der Waals surface area contributed by atoms with Gasteiger partial charge in [-0.25, -0.2) is 0 Å². The van der Waals surface area contributed by atoms with Crippen LogP contribution in [-0.2, 0) is 0 Å². The molecular formula is C12H19N5O. The normalized spacial score (nSPS) is 16.7. The molecule has 1 N–H and O–H groups in total. The third kappa shape index (κ3) is 2.76. The highest BCUT2D eigenvalue weighted by Gasteiger charge is 2.22. The van der Waals surface area contributed by atoms with E-state index >= 15 is 0 Å². The number of amides is 1. The Balaban J connectivity index is 1.98. The molecule has 0 saturated carbocycles. The molecule has 18 heavy (non-hydrogen) atoms. The van der Waals surface area contributed by atoms with Crippen LogP contribution >= 0.6 is 0 Å². The van der Waals surface area contributed by atoms with Crippen LogP contribution in [0.4, 0.5) is 5.82 Å². The van der Waals surface area contributed by atoms with E-state index in [1.165, 1.54) is 0 Å². The lowest BCUT2D eigenvalue weighted by atomic mass is 10.2. The first kappa shape index (κ1) is 12.8. The second-order valence-corrected chi connectivity index (χ2v) is 4.28. The highest BCUT2D eigenvalue weighted by atomic mass is 16.2. The fourth-order valence-corrected chi connectivity index (χ4v) is 2.01. The molecule has 1 saturated heterocycles. The zero-order chi connectivity index (χ0) is 13.0. The van der Waals surface area contributed by atoms with Gasteiger partial charge in [0.15, 0.2) is 5.69 Å². The number of rotatable bonds is 3. The molecule has 0 aliphatic carbocycles. The number of hydrogen-bond acceptors (Lipinski definition) is 5. The van der Waals surface area contributed by atoms with Crippen molar-refractivity contribution >= 4 is 11.7 Å². The molecule has 1 fully saturated rings. The van der Waals surface area contributed by atoms with E-state index in [9.17, 15) is 4.79 Å². The fourth-order valence-electron chi connectivity index (χ4n) is 2.01. The summed E-state index contributed by atoms with van der Waals surface area (Å²) < 4.78 is 0. The summed E-state index contributed by atoms with van der Waals surface area (Å²) in [4.78, 5) is 16.4. The lowest BCUT2D eigenvalue weighted by molar-refractivity contribution is 0.0636. The van der Waals surface area contributed by atoms with Gasteiger partial charge in [0.1, 0.15) is 5.82 Å². The highest BCUT2D eigenvalue weighted by Crippen LogP contribution is 2.07. The van der Waals surface area contributed by atoms with Gasteiger partial charge in [0.25, 0.3) is 5.91 Å². The minimum Gasteiger partial charge on any atom is -0.372 e. The number of carbonyl (C=O) groups excluding carboxylic acids is 1. The topological polar surface area (TPSA) is 61.4 Å². The molecule has 1 aliphatic rings. The Kier molecular flexibility index (Phi) is 4.09. The van der Waals surface area contributed by atoms with E-state index in [-0.39, 0.29) is 5.91 Å². The predicted molar refractivity (Wildman–Crippen MR) is 69.6 cm³/mol. The van der Waals surface area contributed by atoms with Crippen molar-refractivity contribution < 1.29 is 4.79 Å². The lowest BCUT2D eigenvalue weighted by Gasteiger charge is -2.33. The van der Waals surface area contributed by atoms with Gasteiger partial charge in [0.2, 0.25) is 0 Å². The van der Waals surface area contributed by atoms with Crippen molar-refractivity contribution in [3.63, 3.8) is 0 Å². The first-order valence-electron chi connectivity index (χ1n) is 6.27. The zero-order valence-corrected chi connectivity index (χ0v) is 10.9. The van der Waals surface area contributed by atoms with Gasteiger partial charge in [-0.3, -0.25) is 4.79 Å². The number of piperazine rings is 1. The Morgan fingerprint density at radius 1 is 1.28 bits per heavy atom. The van der Waals surface area contributed by atoms with Crippen LogP contribution in [0.1, 0.15) is 17.4 Å². The number of likely N-dealkylation sites (N-methyl/N-ethyl adjacent to an activating group) is 1. The van der Waals surface area contributed by atoms with Crippen LogP contribution in [0.25, 0.3) is 0 Å². The maximum absolute atomic E-state index is 12.2. The molecule has 0 spiro atoms. The van der Waals surface area contributed by atoms with Crippen molar-refractivity contribution in [2.75, 3.05) is 45.1 Å². The lowest BCUT2D eigenvalue weighted by Crippen LogP contribution is -2.48. The molecule has 98 valence electrons. The van der Waals surface area contributed by atoms with Crippen LogP contribution in [0.2, 0.25) is 0 Å². The molecule has 6 nitrogen and oxygen atoms in total. The standard InChI is InChI=1S/C12H19N5O/c1-3-16-6-8-17(9-7-16)12(18)10-4-5-11(13-2)15-14-10/h4-5H,3,6-9H2,1-2H3,(H,13,15). The molecule has 6 heteroatoms. The number of nitrogens with zero attached hydrogens (tertiary/aromatic N) is 4. The summed E-state index contributed by atoms with van der Waals surface area (Å²) in [6.45, 7) is 6.58. The van der Waals surface area contributed by atoms with Crippen molar-refractivity contribution in [2.45, 2.75) is 6.92 Å². The van der Waals surface area contributed by atoms with Gasteiger partial charge < -0.3 is 15.1 Å². The van der Waals surface area contributed by atoms with E-state index in [4.69, 9.17) is 0 Å². The van der Waals surface area contributed by atoms with Gasteiger partial charge in [0, 0.05) is 33.2 Å². The minimum absolute atomic E-state index is 0.0269. The molecule has 0 aromatic carbocycles. The van der Waals surface area contributed by atoms with Crippen molar-refractivity contribution in [3.8, 4) is 0 Å². The summed E-state index contributed by atoms with van der Waals surface area (Å²) >= 11 is 0. The first-order chi connectivity index (χ1) is 8.74. The van der Waals surface area contributed by atoms with E-state index in [0.717, 1.165) is 32.7 Å². The first-order valence-corrected chi connectivity index (χ1v) is 6.27. The van der Waals surface area contributed by atoms with E-state index in [0.29, 0.717) is 11.5 Å². The molecular weight excluding hydrogens is 230 g/mol. The number of carbonyl (C=O) groups is 1. The van der Waals surface area contributed by atoms with E-state index in [1.807, 2.05) is 4.90 Å². The Morgan fingerprint density at radius 3 is 2.50 bits per heavy atom. The molecule has 0 atom stereocenters. The predicted octanol–water partition coefficient (Wildman–Crippen LogP) is 0.296. The Hall–Kier alpha value is -1.69. The third-order valence-corrected chi connectivity index (χ3v) is 3.25. The molecule has 2 rings (SSSR count). The minimum atomic E-state index is -0.0269. The van der Waals surface area contributed by atoms with Crippen LogP contribution in [-0.4, -0.2) is 65.7 Å². The maximum atomic E-state index is 12.2. The van der Waals surface area contributed by atoms with Crippen LogP contribution in [0, 0.1) is 0 Å². The molecule has 1 aromatic heterocycles. The third-order valence-electron chi connectivity index (χ3n) is 3.25. The molecule has 2 heterocycles. The van der Waals surface area contributed by atoms with Gasteiger partial charge in [-0.05, 0) is 18.7 Å². The Labute approximate surface area is 107 Å². The summed E-state index contributed by atoms with van der Waals surface area (Å²) in [5.74, 6) is 0.642. The fraction of sp³-hybridized carbons (Fsp3) is 0.583. The van der Waals surface area contributed by atoms with Crippen molar-refractivity contribution in [2.24, 2.45) is 0 Å². The van der Waals surface area contributed by atoms with Crippen LogP contribution in [0.5, 0.6) is 0 Å². The van der Waals surface area contributed by atoms with E-state index in [1.54, 1.807) is 19.2 Å². The number of anilines is 1. The number of aromatic nitrogens is 2. The van der Waals surface area contributed by atoms with Crippen LogP contribution in [0.15, 0.2) is 12.1 Å². The smallest absolute Gasteiger partial charge is 0.274 e. The summed E-state index contributed by atoms with van der Waals surface area (Å²) in [6.07, 6.45) is 0. The number of hydrogen-bond donors (Lipinski definition) is 1. The molecule has 1 aliphatic heterocycles. The number of nitrogens with one attached hydrogen (secondary N) is 1. The molecule has 1 aromatic rings. The second-order valence-electron chi connectivity index (χ2n) is 4.28. The quantitative estimate of drug-likeness (QED) is 0.834. The molecule has 0 radical (unpaired) electrons. The van der Waals surface area contributed by atoms with Crippen LogP contribution < -0.4 is 5.32 Å². The van der Waals surface area contributed by atoms with Gasteiger partial charge in [0.05, 0.1) is 0 Å². The van der Waals surface area contributed by atoms with Crippen molar-refractivity contribution in [1.82, 2.24) is 20.0 Å². The monoisotopic (exact) mass is 249 g/mol. The van der Waals surface area contributed by atoms with Gasteiger partial charge in [-0.1, -0.05) is 6.92 Å². The molecule has 0 unspecified atom stereocenters. The largest absolute Gasteiger partial charge is 0.372 e. The van der Waals surface area contributed by atoms with E-state index < -0.39 is 0 Å². The molecule has 0 bridgehead atoms. The van der Waals surface area contributed by atoms with E-state index in [2.05, 4.69) is 27.3 Å². The Morgan fingerprint density at radius 2 is 2.00 bits per heavy atom. The van der Waals surface area contributed by atoms with Crippen molar-refractivity contribution in [1.29, 1.82) is 0 Å². The van der Waals surface area contributed by atoms with Crippen LogP contribution in [0.3, 0.4) is 0 Å². The zero-order valence-electron chi connectivity index (χ0n) is 10.9. The average Bonchev–Trinajstić information content (AvgIpc) is 2.47.